The van der Waals surface area contributed by atoms with Gasteiger partial charge in [0.25, 0.3) is 0 Å². The van der Waals surface area contributed by atoms with Gasteiger partial charge in [-0.15, -0.1) is 0 Å². The normalized spacial score (nSPS) is 13.0. The molecule has 1 atom stereocenters. The molecule has 2 N–H and O–H groups in total. The molecule has 0 aliphatic rings. The van der Waals surface area contributed by atoms with E-state index in [1.165, 1.54) is 0 Å². The molecule has 0 radical (unpaired) electrons. The standard InChI is InChI=1S/C24H25NO2/c1-18-7-6-8-19(15-18)16-23(26)25-17-24(2,27)22-13-11-21(12-14-22)20-9-4-3-5-10-20/h3-15,27H,16-17H2,1-2H3,(H,25,26)/t24-/m0/s1. The molecule has 3 aromatic rings. The van der Waals surface area contributed by atoms with Crippen LogP contribution in [0.25, 0.3) is 11.1 Å². The van der Waals surface area contributed by atoms with Gasteiger partial charge >= 0.3 is 0 Å². The van der Waals surface area contributed by atoms with E-state index in [1.807, 2.05) is 73.7 Å². The number of aryl methyl sites for hydroxylation is 1. The Morgan fingerprint density at radius 1 is 0.926 bits per heavy atom. The van der Waals surface area contributed by atoms with Crippen molar-refractivity contribution in [3.63, 3.8) is 0 Å². The first-order chi connectivity index (χ1) is 12.9. The summed E-state index contributed by atoms with van der Waals surface area (Å²) in [6, 6.07) is 25.8. The lowest BCUT2D eigenvalue weighted by atomic mass is 9.93. The van der Waals surface area contributed by atoms with Crippen molar-refractivity contribution in [2.45, 2.75) is 25.9 Å². The average molecular weight is 359 g/mol. The first kappa shape index (κ1) is 18.9. The number of hydrogen-bond acceptors (Lipinski definition) is 2. The molecule has 0 unspecified atom stereocenters. The number of hydrogen-bond donors (Lipinski definition) is 2. The van der Waals surface area contributed by atoms with E-state index in [0.717, 1.165) is 27.8 Å². The van der Waals surface area contributed by atoms with Gasteiger partial charge in [-0.3, -0.25) is 4.79 Å². The molecule has 0 saturated heterocycles. The Balaban J connectivity index is 1.61. The molecular formula is C24H25NO2. The molecule has 0 spiro atoms. The molecule has 3 heteroatoms. The second-order valence-corrected chi connectivity index (χ2v) is 7.16. The minimum Gasteiger partial charge on any atom is -0.384 e. The van der Waals surface area contributed by atoms with Gasteiger partial charge in [0, 0.05) is 0 Å². The van der Waals surface area contributed by atoms with E-state index in [1.54, 1.807) is 6.92 Å². The van der Waals surface area contributed by atoms with Crippen molar-refractivity contribution in [3.05, 3.63) is 95.6 Å². The average Bonchev–Trinajstić information content (AvgIpc) is 2.67. The van der Waals surface area contributed by atoms with Crippen molar-refractivity contribution in [2.75, 3.05) is 6.54 Å². The van der Waals surface area contributed by atoms with E-state index in [2.05, 4.69) is 17.4 Å². The molecular weight excluding hydrogens is 334 g/mol. The first-order valence-electron chi connectivity index (χ1n) is 9.15. The van der Waals surface area contributed by atoms with Crippen molar-refractivity contribution < 1.29 is 9.90 Å². The highest BCUT2D eigenvalue weighted by molar-refractivity contribution is 5.78. The van der Waals surface area contributed by atoms with E-state index < -0.39 is 5.60 Å². The van der Waals surface area contributed by atoms with E-state index in [0.29, 0.717) is 6.42 Å². The number of carbonyl (C=O) groups is 1. The minimum absolute atomic E-state index is 0.0956. The largest absolute Gasteiger partial charge is 0.384 e. The second-order valence-electron chi connectivity index (χ2n) is 7.16. The highest BCUT2D eigenvalue weighted by atomic mass is 16.3. The van der Waals surface area contributed by atoms with Crippen molar-refractivity contribution in [1.82, 2.24) is 5.32 Å². The molecule has 1 amide bonds. The summed E-state index contributed by atoms with van der Waals surface area (Å²) in [6.45, 7) is 3.89. The summed E-state index contributed by atoms with van der Waals surface area (Å²) in [5, 5.41) is 13.6. The van der Waals surface area contributed by atoms with E-state index in [-0.39, 0.29) is 12.5 Å². The monoisotopic (exact) mass is 359 g/mol. The van der Waals surface area contributed by atoms with Crippen LogP contribution in [-0.4, -0.2) is 17.6 Å². The summed E-state index contributed by atoms with van der Waals surface area (Å²) >= 11 is 0. The molecule has 0 aromatic heterocycles. The third-order valence-corrected chi connectivity index (χ3v) is 4.69. The Morgan fingerprint density at radius 3 is 2.26 bits per heavy atom. The number of amides is 1. The van der Waals surface area contributed by atoms with Crippen LogP contribution in [0.3, 0.4) is 0 Å². The lowest BCUT2D eigenvalue weighted by molar-refractivity contribution is -0.121. The zero-order valence-electron chi connectivity index (χ0n) is 15.8. The fourth-order valence-corrected chi connectivity index (χ4v) is 3.10. The minimum atomic E-state index is -1.13. The molecule has 0 aliphatic heterocycles. The topological polar surface area (TPSA) is 49.3 Å². The summed E-state index contributed by atoms with van der Waals surface area (Å²) in [4.78, 5) is 12.2. The Kier molecular flexibility index (Phi) is 5.72. The number of carbonyl (C=O) groups excluding carboxylic acids is 1. The van der Waals surface area contributed by atoms with Crippen LogP contribution in [0.2, 0.25) is 0 Å². The summed E-state index contributed by atoms with van der Waals surface area (Å²) < 4.78 is 0. The summed E-state index contributed by atoms with van der Waals surface area (Å²) in [7, 11) is 0. The molecule has 3 rings (SSSR count). The summed E-state index contributed by atoms with van der Waals surface area (Å²) in [5.74, 6) is -0.0956. The van der Waals surface area contributed by atoms with Crippen molar-refractivity contribution in [3.8, 4) is 11.1 Å². The quantitative estimate of drug-likeness (QED) is 0.692. The van der Waals surface area contributed by atoms with Crippen LogP contribution < -0.4 is 5.32 Å². The van der Waals surface area contributed by atoms with Gasteiger partial charge in [0.2, 0.25) is 5.91 Å². The van der Waals surface area contributed by atoms with Gasteiger partial charge in [-0.1, -0.05) is 84.4 Å². The number of rotatable bonds is 6. The van der Waals surface area contributed by atoms with Crippen LogP contribution in [0, 0.1) is 6.92 Å². The first-order valence-corrected chi connectivity index (χ1v) is 9.15. The second kappa shape index (κ2) is 8.19. The number of nitrogens with one attached hydrogen (secondary N) is 1. The molecule has 3 nitrogen and oxygen atoms in total. The molecule has 0 heterocycles. The van der Waals surface area contributed by atoms with Gasteiger partial charge in [-0.05, 0) is 36.1 Å². The predicted octanol–water partition coefficient (Wildman–Crippen LogP) is 4.23. The van der Waals surface area contributed by atoms with Crippen LogP contribution >= 0.6 is 0 Å². The Bertz CT molecular complexity index is 899. The Hall–Kier alpha value is -2.91. The Morgan fingerprint density at radius 2 is 1.59 bits per heavy atom. The predicted molar refractivity (Wildman–Crippen MR) is 109 cm³/mol. The SMILES string of the molecule is Cc1cccc(CC(=O)NC[C@](C)(O)c2ccc(-c3ccccc3)cc2)c1. The molecule has 3 aromatic carbocycles. The summed E-state index contributed by atoms with van der Waals surface area (Å²) in [5.41, 5.74) is 3.98. The summed E-state index contributed by atoms with van der Waals surface area (Å²) in [6.07, 6.45) is 0.310. The fourth-order valence-electron chi connectivity index (χ4n) is 3.10. The third-order valence-electron chi connectivity index (χ3n) is 4.69. The van der Waals surface area contributed by atoms with Gasteiger partial charge in [0.15, 0.2) is 0 Å². The van der Waals surface area contributed by atoms with Crippen LogP contribution in [0.1, 0.15) is 23.6 Å². The van der Waals surface area contributed by atoms with Crippen molar-refractivity contribution in [1.29, 1.82) is 0 Å². The zero-order valence-corrected chi connectivity index (χ0v) is 15.8. The van der Waals surface area contributed by atoms with Gasteiger partial charge in [-0.25, -0.2) is 0 Å². The maximum Gasteiger partial charge on any atom is 0.224 e. The Labute approximate surface area is 160 Å². The zero-order chi connectivity index (χ0) is 19.3. The van der Waals surface area contributed by atoms with Gasteiger partial charge in [-0.2, -0.15) is 0 Å². The number of aliphatic hydroxyl groups is 1. The van der Waals surface area contributed by atoms with E-state index >= 15 is 0 Å². The lowest BCUT2D eigenvalue weighted by Gasteiger charge is -2.24. The maximum absolute atomic E-state index is 12.2. The third kappa shape index (κ3) is 5.05. The van der Waals surface area contributed by atoms with Gasteiger partial charge in [0.05, 0.1) is 13.0 Å². The van der Waals surface area contributed by atoms with Crippen molar-refractivity contribution >= 4 is 5.91 Å². The van der Waals surface area contributed by atoms with Crippen LogP contribution in [0.4, 0.5) is 0 Å². The van der Waals surface area contributed by atoms with Crippen LogP contribution in [0.5, 0.6) is 0 Å². The van der Waals surface area contributed by atoms with E-state index in [9.17, 15) is 9.90 Å². The fraction of sp³-hybridized carbons (Fsp3) is 0.208. The van der Waals surface area contributed by atoms with Crippen molar-refractivity contribution in [2.24, 2.45) is 0 Å². The highest BCUT2D eigenvalue weighted by Gasteiger charge is 2.23. The van der Waals surface area contributed by atoms with Crippen LogP contribution in [0.15, 0.2) is 78.9 Å². The van der Waals surface area contributed by atoms with Crippen LogP contribution in [-0.2, 0) is 16.8 Å². The highest BCUT2D eigenvalue weighted by Crippen LogP contribution is 2.24. The number of benzene rings is 3. The molecule has 27 heavy (non-hydrogen) atoms. The smallest absolute Gasteiger partial charge is 0.224 e. The molecule has 0 bridgehead atoms. The molecule has 0 aliphatic carbocycles. The molecule has 138 valence electrons. The molecule has 0 saturated carbocycles. The molecule has 0 fully saturated rings. The van der Waals surface area contributed by atoms with E-state index in [4.69, 9.17) is 0 Å². The van der Waals surface area contributed by atoms with Gasteiger partial charge in [0.1, 0.15) is 5.60 Å². The lowest BCUT2D eigenvalue weighted by Crippen LogP contribution is -2.39. The maximum atomic E-state index is 12.2. The van der Waals surface area contributed by atoms with Gasteiger partial charge < -0.3 is 10.4 Å².